The number of para-hydroxylation sites is 3. The molecule has 0 amide bonds. The van der Waals surface area contributed by atoms with E-state index in [0.717, 1.165) is 42.7 Å². The van der Waals surface area contributed by atoms with Gasteiger partial charge in [0.15, 0.2) is 0 Å². The monoisotopic (exact) mass is 407 g/mol. The molecule has 0 saturated carbocycles. The van der Waals surface area contributed by atoms with E-state index in [9.17, 15) is 0 Å². The molecule has 2 atom stereocenters. The van der Waals surface area contributed by atoms with Gasteiger partial charge in [0.25, 0.3) is 0 Å². The molecule has 0 aromatic heterocycles. The molecule has 156 valence electrons. The molecule has 5 rings (SSSR count). The van der Waals surface area contributed by atoms with Crippen LogP contribution in [0.1, 0.15) is 48.8 Å². The second-order valence-electron chi connectivity index (χ2n) is 8.83. The smallest absolute Gasteiger partial charge is 0.108 e. The van der Waals surface area contributed by atoms with E-state index in [1.807, 2.05) is 0 Å². The van der Waals surface area contributed by atoms with E-state index >= 15 is 0 Å². The normalized spacial score (nSPS) is 20.9. The number of rotatable bonds is 1. The minimum Gasteiger partial charge on any atom is -0.298 e. The van der Waals surface area contributed by atoms with E-state index in [1.165, 1.54) is 22.4 Å². The Morgan fingerprint density at radius 1 is 0.839 bits per heavy atom. The molecule has 2 aliphatic rings. The summed E-state index contributed by atoms with van der Waals surface area (Å²) in [4.78, 5) is 7.40. The first-order chi connectivity index (χ1) is 15.1. The van der Waals surface area contributed by atoms with Crippen LogP contribution in [0.15, 0.2) is 77.8 Å². The van der Waals surface area contributed by atoms with E-state index < -0.39 is 0 Å². The van der Waals surface area contributed by atoms with Gasteiger partial charge in [0.1, 0.15) is 5.84 Å². The Bertz CT molecular complexity index is 1160. The summed E-state index contributed by atoms with van der Waals surface area (Å²) in [6.45, 7) is 4.32. The highest BCUT2D eigenvalue weighted by Crippen LogP contribution is 2.42. The quantitative estimate of drug-likeness (QED) is 0.450. The summed E-state index contributed by atoms with van der Waals surface area (Å²) >= 11 is 0. The topological polar surface area (TPSA) is 39.5 Å². The molecule has 0 radical (unpaired) electrons. The van der Waals surface area contributed by atoms with E-state index in [0.29, 0.717) is 5.84 Å². The lowest BCUT2D eigenvalue weighted by atomic mass is 9.86. The molecular weight excluding hydrogens is 378 g/mol. The summed E-state index contributed by atoms with van der Waals surface area (Å²) in [5.41, 5.74) is 8.43. The maximum atomic E-state index is 9.16. The van der Waals surface area contributed by atoms with Gasteiger partial charge in [0.05, 0.1) is 17.1 Å². The van der Waals surface area contributed by atoms with E-state index in [4.69, 9.17) is 10.4 Å². The van der Waals surface area contributed by atoms with Crippen LogP contribution >= 0.6 is 0 Å². The maximum Gasteiger partial charge on any atom is 0.108 e. The van der Waals surface area contributed by atoms with Crippen molar-refractivity contribution in [2.75, 3.05) is 4.90 Å². The van der Waals surface area contributed by atoms with Gasteiger partial charge in [-0.25, -0.2) is 0 Å². The van der Waals surface area contributed by atoms with Crippen LogP contribution in [0.4, 0.5) is 17.1 Å². The molecule has 2 heterocycles. The molecule has 0 bridgehead atoms. The van der Waals surface area contributed by atoms with Gasteiger partial charge in [-0.3, -0.25) is 15.3 Å². The Kier molecular flexibility index (Phi) is 5.19. The molecule has 1 N–H and O–H groups in total. The maximum absolute atomic E-state index is 9.16. The van der Waals surface area contributed by atoms with Crippen molar-refractivity contribution in [3.8, 4) is 0 Å². The van der Waals surface area contributed by atoms with Crippen molar-refractivity contribution < 1.29 is 0 Å². The molecule has 3 aromatic rings. The summed E-state index contributed by atoms with van der Waals surface area (Å²) < 4.78 is 0. The van der Waals surface area contributed by atoms with Crippen LogP contribution in [-0.2, 0) is 6.42 Å². The molecule has 3 heteroatoms. The minimum atomic E-state index is 0.146. The van der Waals surface area contributed by atoms with Crippen LogP contribution in [-0.4, -0.2) is 11.5 Å². The fourth-order valence-corrected chi connectivity index (χ4v) is 5.01. The van der Waals surface area contributed by atoms with E-state index in [2.05, 4.69) is 91.5 Å². The van der Waals surface area contributed by atoms with Crippen LogP contribution in [0, 0.1) is 18.3 Å². The number of amidine groups is 1. The number of hydrogen-bond acceptors (Lipinski definition) is 2. The highest BCUT2D eigenvalue weighted by molar-refractivity contribution is 6.07. The Balaban J connectivity index is 1.71. The molecule has 3 aromatic carbocycles. The highest BCUT2D eigenvalue weighted by atomic mass is 15.2. The number of nitrogens with one attached hydrogen (secondary N) is 1. The standard InChI is InChI=1S/C28H29N3/c1-19-9-3-7-13-26(19)31-27-14-8-5-11-23(27)22-17-16-21-10-4-6-12-24(21)30-25(22)18-15-20(2)28(31)29/h3-14,20,22,29H,15-18H2,1-2H3. The average Bonchev–Trinajstić information content (AvgIpc) is 2.96. The number of nitrogens with zero attached hydrogens (tertiary/aromatic N) is 2. The second kappa shape index (κ2) is 8.14. The van der Waals surface area contributed by atoms with Gasteiger partial charge >= 0.3 is 0 Å². The Morgan fingerprint density at radius 3 is 2.39 bits per heavy atom. The van der Waals surface area contributed by atoms with Gasteiger partial charge in [-0.05, 0) is 67.5 Å². The van der Waals surface area contributed by atoms with Crippen molar-refractivity contribution in [2.24, 2.45) is 10.9 Å². The van der Waals surface area contributed by atoms with Crippen molar-refractivity contribution in [3.05, 3.63) is 89.5 Å². The van der Waals surface area contributed by atoms with Crippen LogP contribution < -0.4 is 4.90 Å². The van der Waals surface area contributed by atoms with Gasteiger partial charge in [-0.1, -0.05) is 61.5 Å². The summed E-state index contributed by atoms with van der Waals surface area (Å²) in [7, 11) is 0. The predicted molar refractivity (Wildman–Crippen MR) is 130 cm³/mol. The molecule has 31 heavy (non-hydrogen) atoms. The molecule has 0 aliphatic carbocycles. The lowest BCUT2D eigenvalue weighted by molar-refractivity contribution is 0.682. The van der Waals surface area contributed by atoms with Crippen molar-refractivity contribution >= 4 is 28.6 Å². The number of anilines is 2. The van der Waals surface area contributed by atoms with Gasteiger partial charge in [-0.2, -0.15) is 0 Å². The Hall–Kier alpha value is -3.20. The van der Waals surface area contributed by atoms with Gasteiger partial charge < -0.3 is 0 Å². The number of fused-ring (bicyclic) bond motifs is 4. The number of hydrogen-bond donors (Lipinski definition) is 1. The summed E-state index contributed by atoms with van der Waals surface area (Å²) in [6.07, 6.45) is 3.95. The fourth-order valence-electron chi connectivity index (χ4n) is 5.01. The number of aliphatic imine (C=N–C) groups is 1. The summed E-state index contributed by atoms with van der Waals surface area (Å²) in [6, 6.07) is 25.7. The molecule has 2 unspecified atom stereocenters. The summed E-state index contributed by atoms with van der Waals surface area (Å²) in [5.74, 6) is 1.08. The fraction of sp³-hybridized carbons (Fsp3) is 0.286. The van der Waals surface area contributed by atoms with Gasteiger partial charge in [-0.15, -0.1) is 0 Å². The van der Waals surface area contributed by atoms with Crippen LogP contribution in [0.3, 0.4) is 0 Å². The zero-order valence-electron chi connectivity index (χ0n) is 18.3. The lowest BCUT2D eigenvalue weighted by Gasteiger charge is -2.32. The zero-order chi connectivity index (χ0) is 21.4. The predicted octanol–water partition coefficient (Wildman–Crippen LogP) is 7.34. The second-order valence-corrected chi connectivity index (χ2v) is 8.83. The number of aryl methyl sites for hydroxylation is 2. The first-order valence-electron chi connectivity index (χ1n) is 11.3. The Morgan fingerprint density at radius 2 is 1.55 bits per heavy atom. The molecule has 0 saturated heterocycles. The van der Waals surface area contributed by atoms with Gasteiger partial charge in [0.2, 0.25) is 0 Å². The average molecular weight is 408 g/mol. The minimum absolute atomic E-state index is 0.146. The Labute approximate surface area is 185 Å². The molecule has 0 spiro atoms. The van der Waals surface area contributed by atoms with E-state index in [-0.39, 0.29) is 11.8 Å². The molecular formula is C28H29N3. The third kappa shape index (κ3) is 3.59. The first-order valence-corrected chi connectivity index (χ1v) is 11.3. The largest absolute Gasteiger partial charge is 0.298 e. The van der Waals surface area contributed by atoms with Crippen molar-refractivity contribution in [2.45, 2.75) is 45.4 Å². The van der Waals surface area contributed by atoms with Crippen LogP contribution in [0.2, 0.25) is 0 Å². The molecule has 3 nitrogen and oxygen atoms in total. The van der Waals surface area contributed by atoms with Crippen molar-refractivity contribution in [1.82, 2.24) is 0 Å². The summed E-state index contributed by atoms with van der Waals surface area (Å²) in [5, 5.41) is 9.16. The van der Waals surface area contributed by atoms with Gasteiger partial charge in [0, 0.05) is 17.5 Å². The van der Waals surface area contributed by atoms with Crippen LogP contribution in [0.5, 0.6) is 0 Å². The van der Waals surface area contributed by atoms with E-state index in [1.54, 1.807) is 0 Å². The molecule has 2 aliphatic heterocycles. The van der Waals surface area contributed by atoms with Crippen molar-refractivity contribution in [3.63, 3.8) is 0 Å². The zero-order valence-corrected chi connectivity index (χ0v) is 18.3. The van der Waals surface area contributed by atoms with Crippen LogP contribution in [0.25, 0.3) is 0 Å². The SMILES string of the molecule is Cc1ccccc1N1C(=N)C(C)CCC2=Nc3ccccc3CCC2c2ccccc21. The number of benzene rings is 3. The lowest BCUT2D eigenvalue weighted by Crippen LogP contribution is -2.31. The highest BCUT2D eigenvalue weighted by Gasteiger charge is 2.31. The third-order valence-electron chi connectivity index (χ3n) is 6.81. The van der Waals surface area contributed by atoms with Crippen molar-refractivity contribution in [1.29, 1.82) is 5.41 Å². The molecule has 0 fully saturated rings. The third-order valence-corrected chi connectivity index (χ3v) is 6.81. The first kappa shape index (κ1) is 19.7.